The highest BCUT2D eigenvalue weighted by molar-refractivity contribution is 7.90. The van der Waals surface area contributed by atoms with E-state index in [4.69, 9.17) is 16.4 Å². The Morgan fingerprint density at radius 3 is 2.62 bits per heavy atom. The van der Waals surface area contributed by atoms with Crippen LogP contribution in [0.1, 0.15) is 13.3 Å². The summed E-state index contributed by atoms with van der Waals surface area (Å²) in [6.07, 6.45) is 1.22. The molecule has 0 saturated heterocycles. The molecule has 0 radical (unpaired) electrons. The quantitative estimate of drug-likeness (QED) is 0.249. The molecule has 174 valence electrons. The molecule has 2 aromatic heterocycles. The number of anilines is 1. The van der Waals surface area contributed by atoms with Crippen molar-refractivity contribution >= 4 is 47.1 Å². The standard InChI is InChI=1S/C20H28ClN5O4SSi/c1-13(27)12-22-18-16-17(14-8-5-6-9-15(14)21)25-26(30-10-7-11-32(3)4)19(16)24-20(23-18)31(2,28)29/h5-6,8-9,13,27,32H,7,10-12H2,1-4H3,(H,22,23,24). The van der Waals surface area contributed by atoms with Gasteiger partial charge in [0.1, 0.15) is 18.1 Å². The van der Waals surface area contributed by atoms with Crippen molar-refractivity contribution in [2.75, 3.05) is 24.7 Å². The van der Waals surface area contributed by atoms with Crippen LogP contribution in [-0.4, -0.2) is 67.7 Å². The smallest absolute Gasteiger partial charge is 0.250 e. The number of sulfone groups is 1. The maximum atomic E-state index is 12.3. The number of fused-ring (bicyclic) bond motifs is 1. The number of hydrogen-bond acceptors (Lipinski definition) is 8. The molecule has 32 heavy (non-hydrogen) atoms. The molecular weight excluding hydrogens is 470 g/mol. The van der Waals surface area contributed by atoms with Crippen LogP contribution in [0.4, 0.5) is 5.82 Å². The molecule has 0 bridgehead atoms. The Labute approximate surface area is 194 Å². The van der Waals surface area contributed by atoms with Gasteiger partial charge >= 0.3 is 0 Å². The van der Waals surface area contributed by atoms with Crippen molar-refractivity contribution in [3.63, 3.8) is 0 Å². The van der Waals surface area contributed by atoms with E-state index in [2.05, 4.69) is 33.5 Å². The first-order valence-electron chi connectivity index (χ1n) is 10.4. The average molecular weight is 498 g/mol. The van der Waals surface area contributed by atoms with Crippen molar-refractivity contribution in [2.45, 2.75) is 43.7 Å². The molecule has 3 aromatic rings. The van der Waals surface area contributed by atoms with Crippen molar-refractivity contribution in [3.05, 3.63) is 29.3 Å². The van der Waals surface area contributed by atoms with Crippen LogP contribution in [0.2, 0.25) is 24.2 Å². The molecule has 0 spiro atoms. The molecule has 2 N–H and O–H groups in total. The van der Waals surface area contributed by atoms with Crippen molar-refractivity contribution in [2.24, 2.45) is 0 Å². The van der Waals surface area contributed by atoms with Gasteiger partial charge in [-0.2, -0.15) is 4.98 Å². The van der Waals surface area contributed by atoms with E-state index in [0.717, 1.165) is 18.7 Å². The van der Waals surface area contributed by atoms with Gasteiger partial charge in [-0.15, -0.1) is 5.10 Å². The van der Waals surface area contributed by atoms with Crippen LogP contribution in [0.5, 0.6) is 0 Å². The van der Waals surface area contributed by atoms with Crippen molar-refractivity contribution in [3.8, 4) is 11.3 Å². The second-order valence-electron chi connectivity index (χ2n) is 8.13. The molecule has 9 nitrogen and oxygen atoms in total. The minimum atomic E-state index is -3.71. The minimum Gasteiger partial charge on any atom is -0.395 e. The van der Waals surface area contributed by atoms with Gasteiger partial charge in [0.15, 0.2) is 0 Å². The molecule has 0 amide bonds. The van der Waals surface area contributed by atoms with E-state index in [0.29, 0.717) is 28.3 Å². The zero-order chi connectivity index (χ0) is 23.5. The summed E-state index contributed by atoms with van der Waals surface area (Å²) in [5, 5.41) is 17.9. The van der Waals surface area contributed by atoms with Gasteiger partial charge in [-0.1, -0.05) is 53.8 Å². The topological polar surface area (TPSA) is 119 Å². The molecule has 0 aliphatic carbocycles. The lowest BCUT2D eigenvalue weighted by atomic mass is 10.1. The number of aromatic nitrogens is 4. The predicted molar refractivity (Wildman–Crippen MR) is 129 cm³/mol. The Morgan fingerprint density at radius 2 is 2.00 bits per heavy atom. The summed E-state index contributed by atoms with van der Waals surface area (Å²) in [5.41, 5.74) is 1.30. The van der Waals surface area contributed by atoms with E-state index < -0.39 is 24.7 Å². The Kier molecular flexibility index (Phi) is 7.75. The summed E-state index contributed by atoms with van der Waals surface area (Å²) in [7, 11) is -4.43. The highest BCUT2D eigenvalue weighted by Gasteiger charge is 2.25. The van der Waals surface area contributed by atoms with E-state index in [1.165, 1.54) is 4.85 Å². The fourth-order valence-corrected chi connectivity index (χ4v) is 4.80. The van der Waals surface area contributed by atoms with Crippen LogP contribution in [0.15, 0.2) is 29.4 Å². The van der Waals surface area contributed by atoms with E-state index in [9.17, 15) is 13.5 Å². The van der Waals surface area contributed by atoms with Crippen molar-refractivity contribution in [1.29, 1.82) is 0 Å². The Balaban J connectivity index is 2.21. The first-order valence-corrected chi connectivity index (χ1v) is 15.8. The van der Waals surface area contributed by atoms with Crippen molar-refractivity contribution < 1.29 is 18.4 Å². The summed E-state index contributed by atoms with van der Waals surface area (Å²) in [4.78, 5) is 15.6. The number of nitrogens with one attached hydrogen (secondary N) is 1. The lowest BCUT2D eigenvalue weighted by molar-refractivity contribution is 0.0913. The maximum absolute atomic E-state index is 12.3. The third-order valence-corrected chi connectivity index (χ3v) is 7.38. The number of halogens is 1. The first kappa shape index (κ1) is 24.4. The summed E-state index contributed by atoms with van der Waals surface area (Å²) in [5.74, 6) is 0.232. The van der Waals surface area contributed by atoms with Gasteiger partial charge in [0.05, 0.1) is 16.5 Å². The maximum Gasteiger partial charge on any atom is 0.250 e. The Morgan fingerprint density at radius 1 is 1.28 bits per heavy atom. The second-order valence-corrected chi connectivity index (χ2v) is 13.8. The zero-order valence-electron chi connectivity index (χ0n) is 18.5. The highest BCUT2D eigenvalue weighted by Crippen LogP contribution is 2.35. The average Bonchev–Trinajstić information content (AvgIpc) is 3.07. The van der Waals surface area contributed by atoms with Gasteiger partial charge in [0.2, 0.25) is 15.5 Å². The number of benzene rings is 1. The van der Waals surface area contributed by atoms with Crippen LogP contribution in [-0.2, 0) is 9.84 Å². The summed E-state index contributed by atoms with van der Waals surface area (Å²) in [6, 6.07) is 8.30. The SMILES string of the molecule is CC(O)CNc1nc(S(C)(=O)=O)nc2c1c(-c1ccccc1Cl)nn2OCCC[SiH](C)C. The normalized spacial score (nSPS) is 13.0. The molecular formula is C20H28ClN5O4SSi. The monoisotopic (exact) mass is 497 g/mol. The van der Waals surface area contributed by atoms with Crippen LogP contribution in [0, 0.1) is 0 Å². The number of aliphatic hydroxyl groups is 1. The van der Waals surface area contributed by atoms with Gasteiger partial charge < -0.3 is 15.3 Å². The van der Waals surface area contributed by atoms with Crippen LogP contribution < -0.4 is 10.2 Å². The second kappa shape index (κ2) is 10.2. The molecule has 0 aliphatic rings. The molecule has 2 heterocycles. The Bertz CT molecular complexity index is 1200. The fourth-order valence-electron chi connectivity index (χ4n) is 3.09. The summed E-state index contributed by atoms with van der Waals surface area (Å²) < 4.78 is 24.5. The fraction of sp³-hybridized carbons (Fsp3) is 0.450. The lowest BCUT2D eigenvalue weighted by Crippen LogP contribution is -2.19. The molecule has 1 aromatic carbocycles. The zero-order valence-corrected chi connectivity index (χ0v) is 21.3. The highest BCUT2D eigenvalue weighted by atomic mass is 35.5. The molecule has 12 heteroatoms. The van der Waals surface area contributed by atoms with Gasteiger partial charge in [0.25, 0.3) is 5.16 Å². The van der Waals surface area contributed by atoms with Crippen LogP contribution in [0.3, 0.4) is 0 Å². The van der Waals surface area contributed by atoms with Gasteiger partial charge in [0, 0.05) is 27.2 Å². The van der Waals surface area contributed by atoms with Crippen LogP contribution in [0.25, 0.3) is 22.3 Å². The molecule has 0 aliphatic heterocycles. The van der Waals surface area contributed by atoms with E-state index >= 15 is 0 Å². The van der Waals surface area contributed by atoms with E-state index in [1.807, 2.05) is 18.2 Å². The lowest BCUT2D eigenvalue weighted by Gasteiger charge is -2.11. The third kappa shape index (κ3) is 5.77. The predicted octanol–water partition coefficient (Wildman–Crippen LogP) is 2.65. The molecule has 0 fully saturated rings. The molecule has 3 rings (SSSR count). The number of nitrogens with zero attached hydrogens (tertiary/aromatic N) is 4. The molecule has 1 atom stereocenters. The number of hydrogen-bond donors (Lipinski definition) is 2. The summed E-state index contributed by atoms with van der Waals surface area (Å²) in [6.45, 7) is 6.72. The van der Waals surface area contributed by atoms with Crippen molar-refractivity contribution in [1.82, 2.24) is 19.9 Å². The first-order chi connectivity index (χ1) is 15.1. The number of aliphatic hydroxyl groups excluding tert-OH is 1. The third-order valence-electron chi connectivity index (χ3n) is 4.64. The van der Waals surface area contributed by atoms with Gasteiger partial charge in [-0.25, -0.2) is 13.4 Å². The Hall–Kier alpha value is -2.21. The van der Waals surface area contributed by atoms with E-state index in [1.54, 1.807) is 13.0 Å². The number of rotatable bonds is 10. The van der Waals surface area contributed by atoms with Gasteiger partial charge in [-0.05, 0) is 19.4 Å². The largest absolute Gasteiger partial charge is 0.395 e. The molecule has 1 unspecified atom stereocenters. The summed E-state index contributed by atoms with van der Waals surface area (Å²) >= 11 is 6.43. The van der Waals surface area contributed by atoms with E-state index in [-0.39, 0.29) is 23.2 Å². The van der Waals surface area contributed by atoms with Crippen LogP contribution >= 0.6 is 11.6 Å². The van der Waals surface area contributed by atoms with Gasteiger partial charge in [-0.3, -0.25) is 0 Å². The minimum absolute atomic E-state index is 0.155. The molecule has 0 saturated carbocycles.